The third-order valence-corrected chi connectivity index (χ3v) is 2.67. The Balaban J connectivity index is 2.20. The van der Waals surface area contributed by atoms with Gasteiger partial charge in [0, 0.05) is 30.4 Å². The Kier molecular flexibility index (Phi) is 2.40. The van der Waals surface area contributed by atoms with E-state index in [0.29, 0.717) is 5.82 Å². The Morgan fingerprint density at radius 3 is 3.06 bits per heavy atom. The molecule has 3 aromatic rings. The molecule has 0 aromatic carbocycles. The minimum atomic E-state index is -0.473. The maximum atomic E-state index is 13.3. The smallest absolute Gasteiger partial charge is 0.183 e. The van der Waals surface area contributed by atoms with Gasteiger partial charge >= 0.3 is 0 Å². The van der Waals surface area contributed by atoms with E-state index in [9.17, 15) is 4.39 Å². The van der Waals surface area contributed by atoms with Crippen molar-refractivity contribution in [1.82, 2.24) is 19.9 Å². The van der Waals surface area contributed by atoms with Crippen LogP contribution >= 0.6 is 0 Å². The SMILES string of the molecule is CNc1nc(-c2c[nH]c3ncccc23)ncc1F. The molecule has 0 saturated heterocycles. The average molecular weight is 243 g/mol. The largest absolute Gasteiger partial charge is 0.371 e. The standard InChI is InChI=1S/C12H10FN5/c1-14-12-9(13)6-17-11(18-12)8-5-16-10-7(8)3-2-4-15-10/h2-6H,1H3,(H,15,16)(H,14,17,18). The van der Waals surface area contributed by atoms with Crippen LogP contribution in [0.2, 0.25) is 0 Å². The molecule has 6 heteroatoms. The lowest BCUT2D eigenvalue weighted by Crippen LogP contribution is -1.99. The van der Waals surface area contributed by atoms with E-state index >= 15 is 0 Å². The third-order valence-electron chi connectivity index (χ3n) is 2.67. The summed E-state index contributed by atoms with van der Waals surface area (Å²) in [5.74, 6) is 0.164. The highest BCUT2D eigenvalue weighted by Crippen LogP contribution is 2.25. The molecule has 3 aromatic heterocycles. The van der Waals surface area contributed by atoms with E-state index in [1.165, 1.54) is 0 Å². The van der Waals surface area contributed by atoms with Crippen LogP contribution < -0.4 is 5.32 Å². The van der Waals surface area contributed by atoms with Gasteiger partial charge in [0.2, 0.25) is 0 Å². The highest BCUT2D eigenvalue weighted by atomic mass is 19.1. The number of hydrogen-bond donors (Lipinski definition) is 2. The summed E-state index contributed by atoms with van der Waals surface area (Å²) in [5, 5.41) is 3.60. The Labute approximate surface area is 102 Å². The second-order valence-corrected chi connectivity index (χ2v) is 3.74. The van der Waals surface area contributed by atoms with Gasteiger partial charge in [0.25, 0.3) is 0 Å². The van der Waals surface area contributed by atoms with Gasteiger partial charge in [-0.1, -0.05) is 0 Å². The summed E-state index contributed by atoms with van der Waals surface area (Å²) in [6.07, 6.45) is 4.63. The molecule has 0 atom stereocenters. The second kappa shape index (κ2) is 4.06. The molecule has 90 valence electrons. The number of fused-ring (bicyclic) bond motifs is 1. The van der Waals surface area contributed by atoms with Crippen LogP contribution in [0.5, 0.6) is 0 Å². The van der Waals surface area contributed by atoms with Crippen molar-refractivity contribution >= 4 is 16.9 Å². The van der Waals surface area contributed by atoms with Crippen LogP contribution in [0.25, 0.3) is 22.4 Å². The highest BCUT2D eigenvalue weighted by molar-refractivity contribution is 5.91. The summed E-state index contributed by atoms with van der Waals surface area (Å²) in [5.41, 5.74) is 1.56. The molecule has 0 radical (unpaired) electrons. The molecule has 0 aliphatic heterocycles. The lowest BCUT2D eigenvalue weighted by Gasteiger charge is -2.03. The first-order valence-electron chi connectivity index (χ1n) is 5.42. The summed E-state index contributed by atoms with van der Waals surface area (Å²) >= 11 is 0. The van der Waals surface area contributed by atoms with Crippen molar-refractivity contribution < 1.29 is 4.39 Å². The van der Waals surface area contributed by atoms with Gasteiger partial charge in [-0.3, -0.25) is 0 Å². The number of aromatic amines is 1. The van der Waals surface area contributed by atoms with E-state index in [4.69, 9.17) is 0 Å². The van der Waals surface area contributed by atoms with Gasteiger partial charge in [-0.15, -0.1) is 0 Å². The van der Waals surface area contributed by atoms with Crippen LogP contribution in [-0.4, -0.2) is 27.0 Å². The van der Waals surface area contributed by atoms with Crippen molar-refractivity contribution in [3.63, 3.8) is 0 Å². The van der Waals surface area contributed by atoms with Crippen LogP contribution in [0.1, 0.15) is 0 Å². The minimum Gasteiger partial charge on any atom is -0.371 e. The molecule has 5 nitrogen and oxygen atoms in total. The maximum absolute atomic E-state index is 13.3. The maximum Gasteiger partial charge on any atom is 0.183 e. The number of hydrogen-bond acceptors (Lipinski definition) is 4. The number of aromatic nitrogens is 4. The number of halogens is 1. The molecule has 0 aliphatic rings. The number of nitrogens with one attached hydrogen (secondary N) is 2. The Morgan fingerprint density at radius 1 is 1.33 bits per heavy atom. The predicted molar refractivity (Wildman–Crippen MR) is 66.6 cm³/mol. The fourth-order valence-electron chi connectivity index (χ4n) is 1.81. The normalized spacial score (nSPS) is 10.8. The van der Waals surface area contributed by atoms with Gasteiger partial charge in [-0.2, -0.15) is 0 Å². The van der Waals surface area contributed by atoms with E-state index in [1.807, 2.05) is 12.1 Å². The fourth-order valence-corrected chi connectivity index (χ4v) is 1.81. The van der Waals surface area contributed by atoms with Crippen LogP contribution in [0.4, 0.5) is 10.2 Å². The quantitative estimate of drug-likeness (QED) is 0.724. The third kappa shape index (κ3) is 1.58. The highest BCUT2D eigenvalue weighted by Gasteiger charge is 2.11. The van der Waals surface area contributed by atoms with E-state index < -0.39 is 5.82 Å². The predicted octanol–water partition coefficient (Wildman–Crippen LogP) is 2.20. The van der Waals surface area contributed by atoms with Crippen molar-refractivity contribution in [2.75, 3.05) is 12.4 Å². The molecular weight excluding hydrogens is 233 g/mol. The molecular formula is C12H10FN5. The Bertz CT molecular complexity index is 707. The van der Waals surface area contributed by atoms with E-state index in [1.54, 1.807) is 19.4 Å². The molecule has 0 aliphatic carbocycles. The van der Waals surface area contributed by atoms with Crippen molar-refractivity contribution in [1.29, 1.82) is 0 Å². The van der Waals surface area contributed by atoms with Crippen molar-refractivity contribution in [3.8, 4) is 11.4 Å². The number of anilines is 1. The van der Waals surface area contributed by atoms with Gasteiger partial charge in [-0.05, 0) is 12.1 Å². The summed E-state index contributed by atoms with van der Waals surface area (Å²) in [4.78, 5) is 15.4. The topological polar surface area (TPSA) is 66.5 Å². The monoisotopic (exact) mass is 243 g/mol. The van der Waals surface area contributed by atoms with Gasteiger partial charge < -0.3 is 10.3 Å². The van der Waals surface area contributed by atoms with E-state index in [0.717, 1.165) is 22.8 Å². The molecule has 0 spiro atoms. The van der Waals surface area contributed by atoms with Gasteiger partial charge in [0.15, 0.2) is 17.5 Å². The summed E-state index contributed by atoms with van der Waals surface area (Å²) < 4.78 is 13.3. The number of H-pyrrole nitrogens is 1. The number of nitrogens with zero attached hydrogens (tertiary/aromatic N) is 3. The zero-order valence-corrected chi connectivity index (χ0v) is 9.61. The molecule has 0 amide bonds. The second-order valence-electron chi connectivity index (χ2n) is 3.74. The van der Waals surface area contributed by atoms with Crippen molar-refractivity contribution in [2.24, 2.45) is 0 Å². The summed E-state index contributed by atoms with van der Waals surface area (Å²) in [6.45, 7) is 0. The van der Waals surface area contributed by atoms with E-state index in [-0.39, 0.29) is 5.82 Å². The lowest BCUT2D eigenvalue weighted by atomic mass is 10.2. The van der Waals surface area contributed by atoms with Crippen molar-refractivity contribution in [3.05, 3.63) is 36.5 Å². The molecule has 18 heavy (non-hydrogen) atoms. The molecule has 0 fully saturated rings. The van der Waals surface area contributed by atoms with Crippen molar-refractivity contribution in [2.45, 2.75) is 0 Å². The minimum absolute atomic E-state index is 0.179. The summed E-state index contributed by atoms with van der Waals surface area (Å²) in [7, 11) is 1.62. The van der Waals surface area contributed by atoms with Gasteiger partial charge in [0.1, 0.15) is 5.65 Å². The van der Waals surface area contributed by atoms with Crippen LogP contribution in [0, 0.1) is 5.82 Å². The number of rotatable bonds is 2. The van der Waals surface area contributed by atoms with Crippen LogP contribution in [-0.2, 0) is 0 Å². The van der Waals surface area contributed by atoms with Crippen LogP contribution in [0.15, 0.2) is 30.7 Å². The molecule has 0 unspecified atom stereocenters. The average Bonchev–Trinajstić information content (AvgIpc) is 2.83. The molecule has 0 saturated carbocycles. The number of pyridine rings is 1. The zero-order valence-electron chi connectivity index (χ0n) is 9.61. The molecule has 2 N–H and O–H groups in total. The zero-order chi connectivity index (χ0) is 12.5. The van der Waals surface area contributed by atoms with Crippen LogP contribution in [0.3, 0.4) is 0 Å². The Morgan fingerprint density at radius 2 is 2.22 bits per heavy atom. The first kappa shape index (κ1) is 10.6. The van der Waals surface area contributed by atoms with E-state index in [2.05, 4.69) is 25.3 Å². The lowest BCUT2D eigenvalue weighted by molar-refractivity contribution is 0.619. The van der Waals surface area contributed by atoms with Gasteiger partial charge in [0.05, 0.1) is 6.20 Å². The molecule has 0 bridgehead atoms. The van der Waals surface area contributed by atoms with Gasteiger partial charge in [-0.25, -0.2) is 19.3 Å². The first-order chi connectivity index (χ1) is 8.79. The molecule has 3 heterocycles. The summed E-state index contributed by atoms with van der Waals surface area (Å²) in [6, 6.07) is 3.75. The first-order valence-corrected chi connectivity index (χ1v) is 5.42. The fraction of sp³-hybridized carbons (Fsp3) is 0.0833. The Hall–Kier alpha value is -2.50. The molecule has 3 rings (SSSR count).